The third-order valence-electron chi connectivity index (χ3n) is 6.03. The van der Waals surface area contributed by atoms with Crippen LogP contribution in [0.15, 0.2) is 57.3 Å². The molecule has 1 aromatic heterocycles. The summed E-state index contributed by atoms with van der Waals surface area (Å²) < 4.78 is 20.3. The molecule has 2 heterocycles. The van der Waals surface area contributed by atoms with Crippen LogP contribution in [0.5, 0.6) is 11.5 Å². The first-order valence-electron chi connectivity index (χ1n) is 12.9. The van der Waals surface area contributed by atoms with Crippen LogP contribution in [-0.4, -0.2) is 39.7 Å². The Balaban J connectivity index is 1.77. The Morgan fingerprint density at radius 2 is 2.00 bits per heavy atom. The molecule has 11 heteroatoms. The normalized spacial score (nSPS) is 14.6. The number of halogens is 2. The lowest BCUT2D eigenvalue weighted by Gasteiger charge is -2.29. The lowest BCUT2D eigenvalue weighted by atomic mass is 9.95. The molecule has 1 N–H and O–H groups in total. The maximum absolute atomic E-state index is 13.4. The minimum absolute atomic E-state index is 0.268. The number of allylic oxidation sites excluding steroid dienone is 1. The van der Waals surface area contributed by atoms with Gasteiger partial charge in [0, 0.05) is 16.3 Å². The van der Waals surface area contributed by atoms with Gasteiger partial charge in [-0.1, -0.05) is 61.8 Å². The molecule has 1 unspecified atom stereocenters. The van der Waals surface area contributed by atoms with Gasteiger partial charge in [-0.25, -0.2) is 9.48 Å². The first-order valence-corrected chi connectivity index (χ1v) is 15.1. The second kappa shape index (κ2) is 13.6. The van der Waals surface area contributed by atoms with Crippen molar-refractivity contribution in [3.8, 4) is 11.5 Å². The molecule has 0 amide bonds. The zero-order chi connectivity index (χ0) is 27.9. The van der Waals surface area contributed by atoms with Gasteiger partial charge < -0.3 is 19.5 Å². The molecular formula is C28H32BrClN4O4S. The van der Waals surface area contributed by atoms with E-state index >= 15 is 0 Å². The molecule has 4 rings (SSSR count). The van der Waals surface area contributed by atoms with E-state index in [0.29, 0.717) is 56.6 Å². The van der Waals surface area contributed by atoms with Crippen molar-refractivity contribution in [3.05, 3.63) is 68.3 Å². The molecule has 3 aromatic rings. The molecule has 208 valence electrons. The van der Waals surface area contributed by atoms with Gasteiger partial charge in [-0.3, -0.25) is 0 Å². The van der Waals surface area contributed by atoms with Crippen LogP contribution in [0.2, 0.25) is 5.02 Å². The van der Waals surface area contributed by atoms with E-state index < -0.39 is 12.0 Å². The van der Waals surface area contributed by atoms with E-state index in [1.807, 2.05) is 57.2 Å². The summed E-state index contributed by atoms with van der Waals surface area (Å²) in [5, 5.41) is 9.24. The van der Waals surface area contributed by atoms with E-state index in [0.717, 1.165) is 29.7 Å². The summed E-state index contributed by atoms with van der Waals surface area (Å²) in [6.07, 6.45) is 1.72. The third kappa shape index (κ3) is 6.73. The zero-order valence-electron chi connectivity index (χ0n) is 22.4. The number of esters is 1. The fourth-order valence-corrected chi connectivity index (χ4v) is 5.51. The standard InChI is InChI=1S/C28H32BrClN4O4S/c1-5-8-13-37-26(35)23-17(4)31-27-32-28(39-7-3)33-34(27)24(23)19-14-20(29)25(22(15-19)36-6-2)38-16-18-11-9-10-12-21(18)30/h9-12,14-15,24H,5-8,13,16H2,1-4H3,(H,31,32,33). The van der Waals surface area contributed by atoms with E-state index in [9.17, 15) is 4.79 Å². The topological polar surface area (TPSA) is 87.5 Å². The molecule has 0 saturated heterocycles. The van der Waals surface area contributed by atoms with Gasteiger partial charge in [-0.15, -0.1) is 5.10 Å². The molecule has 0 saturated carbocycles. The van der Waals surface area contributed by atoms with Gasteiger partial charge in [-0.2, -0.15) is 4.98 Å². The molecule has 1 aliphatic rings. The third-order valence-corrected chi connectivity index (χ3v) is 7.71. The predicted molar refractivity (Wildman–Crippen MR) is 158 cm³/mol. The molecule has 0 bridgehead atoms. The Bertz CT molecular complexity index is 1360. The van der Waals surface area contributed by atoms with Crippen LogP contribution in [0.3, 0.4) is 0 Å². The Labute approximate surface area is 246 Å². The van der Waals surface area contributed by atoms with E-state index in [2.05, 4.69) is 33.2 Å². The van der Waals surface area contributed by atoms with Crippen LogP contribution in [0.4, 0.5) is 5.95 Å². The van der Waals surface area contributed by atoms with Crippen molar-refractivity contribution in [1.82, 2.24) is 14.8 Å². The maximum atomic E-state index is 13.4. The van der Waals surface area contributed by atoms with Gasteiger partial charge in [0.1, 0.15) is 12.6 Å². The Hall–Kier alpha value is -2.69. The SMILES string of the molecule is CCCCOC(=O)C1=C(C)Nc2nc(SCC)nn2C1c1cc(Br)c(OCc2ccccc2Cl)c(OCC)c1. The molecular weight excluding hydrogens is 604 g/mol. The number of carbonyl (C=O) groups is 1. The highest BCUT2D eigenvalue weighted by atomic mass is 79.9. The van der Waals surface area contributed by atoms with Crippen molar-refractivity contribution in [1.29, 1.82) is 0 Å². The van der Waals surface area contributed by atoms with Crippen LogP contribution < -0.4 is 14.8 Å². The average molecular weight is 636 g/mol. The fraction of sp³-hybridized carbons (Fsp3) is 0.393. The molecule has 1 atom stereocenters. The monoisotopic (exact) mass is 634 g/mol. The van der Waals surface area contributed by atoms with Gasteiger partial charge in [0.15, 0.2) is 11.5 Å². The largest absolute Gasteiger partial charge is 0.490 e. The number of benzene rings is 2. The summed E-state index contributed by atoms with van der Waals surface area (Å²) in [4.78, 5) is 18.0. The molecule has 0 aliphatic carbocycles. The van der Waals surface area contributed by atoms with Gasteiger partial charge in [0.05, 0.1) is 23.3 Å². The van der Waals surface area contributed by atoms with Crippen molar-refractivity contribution in [2.75, 3.05) is 24.3 Å². The summed E-state index contributed by atoms with van der Waals surface area (Å²) >= 11 is 11.6. The number of ether oxygens (including phenoxy) is 3. The highest BCUT2D eigenvalue weighted by Crippen LogP contribution is 2.43. The number of hydrogen-bond acceptors (Lipinski definition) is 8. The van der Waals surface area contributed by atoms with E-state index in [-0.39, 0.29) is 6.61 Å². The second-order valence-corrected chi connectivity index (χ2v) is 11.3. The highest BCUT2D eigenvalue weighted by molar-refractivity contribution is 9.10. The summed E-state index contributed by atoms with van der Waals surface area (Å²) in [6.45, 7) is 8.91. The number of nitrogens with zero attached hydrogens (tertiary/aromatic N) is 3. The average Bonchev–Trinajstić information content (AvgIpc) is 3.30. The molecule has 2 aromatic carbocycles. The van der Waals surface area contributed by atoms with Gasteiger partial charge in [0.2, 0.25) is 11.1 Å². The van der Waals surface area contributed by atoms with Crippen LogP contribution in [0.1, 0.15) is 57.7 Å². The minimum Gasteiger partial charge on any atom is -0.490 e. The smallest absolute Gasteiger partial charge is 0.338 e. The van der Waals surface area contributed by atoms with E-state index in [1.165, 1.54) is 11.8 Å². The Kier molecular flexibility index (Phi) is 10.2. The highest BCUT2D eigenvalue weighted by Gasteiger charge is 2.36. The minimum atomic E-state index is -0.581. The van der Waals surface area contributed by atoms with E-state index in [4.69, 9.17) is 30.9 Å². The Morgan fingerprint density at radius 3 is 2.72 bits per heavy atom. The van der Waals surface area contributed by atoms with Gasteiger partial charge in [-0.05, 0) is 65.7 Å². The maximum Gasteiger partial charge on any atom is 0.338 e. The first kappa shape index (κ1) is 29.3. The van der Waals surface area contributed by atoms with Crippen LogP contribution in [0, 0.1) is 0 Å². The molecule has 8 nitrogen and oxygen atoms in total. The summed E-state index contributed by atoms with van der Waals surface area (Å²) in [5.74, 6) is 2.07. The molecule has 0 radical (unpaired) electrons. The van der Waals surface area contributed by atoms with Gasteiger partial charge in [0.25, 0.3) is 0 Å². The summed E-state index contributed by atoms with van der Waals surface area (Å²) in [7, 11) is 0. The van der Waals surface area contributed by atoms with Crippen molar-refractivity contribution in [2.45, 2.75) is 58.3 Å². The number of carbonyl (C=O) groups excluding carboxylic acids is 1. The number of aromatic nitrogens is 3. The van der Waals surface area contributed by atoms with Crippen LogP contribution >= 0.6 is 39.3 Å². The number of fused-ring (bicyclic) bond motifs is 1. The zero-order valence-corrected chi connectivity index (χ0v) is 25.6. The van der Waals surface area contributed by atoms with Crippen molar-refractivity contribution in [3.63, 3.8) is 0 Å². The number of rotatable bonds is 12. The van der Waals surface area contributed by atoms with Crippen molar-refractivity contribution in [2.24, 2.45) is 0 Å². The van der Waals surface area contributed by atoms with Crippen LogP contribution in [-0.2, 0) is 16.1 Å². The number of nitrogens with one attached hydrogen (secondary N) is 1. The first-order chi connectivity index (χ1) is 18.9. The quantitative estimate of drug-likeness (QED) is 0.125. The van der Waals surface area contributed by atoms with Gasteiger partial charge >= 0.3 is 5.97 Å². The molecule has 1 aliphatic heterocycles. The molecule has 39 heavy (non-hydrogen) atoms. The predicted octanol–water partition coefficient (Wildman–Crippen LogP) is 7.42. The number of thioether (sulfide) groups is 1. The summed E-state index contributed by atoms with van der Waals surface area (Å²) in [5.41, 5.74) is 2.77. The lowest BCUT2D eigenvalue weighted by Crippen LogP contribution is -2.30. The Morgan fingerprint density at radius 1 is 1.21 bits per heavy atom. The lowest BCUT2D eigenvalue weighted by molar-refractivity contribution is -0.139. The fourth-order valence-electron chi connectivity index (χ4n) is 4.20. The second-order valence-electron chi connectivity index (χ2n) is 8.79. The summed E-state index contributed by atoms with van der Waals surface area (Å²) in [6, 6.07) is 10.8. The molecule has 0 fully saturated rings. The van der Waals surface area contributed by atoms with Crippen molar-refractivity contribution < 1.29 is 19.0 Å². The van der Waals surface area contributed by atoms with Crippen molar-refractivity contribution >= 4 is 51.2 Å². The van der Waals surface area contributed by atoms with Crippen LogP contribution in [0.25, 0.3) is 0 Å². The van der Waals surface area contributed by atoms with E-state index in [1.54, 1.807) is 4.68 Å². The number of anilines is 1. The number of unbranched alkanes of at least 4 members (excludes halogenated alkanes) is 1. The molecule has 0 spiro atoms. The number of hydrogen-bond donors (Lipinski definition) is 1.